The van der Waals surface area contributed by atoms with E-state index in [2.05, 4.69) is 27.3 Å². The van der Waals surface area contributed by atoms with Crippen LogP contribution in [0.5, 0.6) is 0 Å². The minimum atomic E-state index is -0.280. The van der Waals surface area contributed by atoms with Crippen molar-refractivity contribution in [3.8, 4) is 0 Å². The Hall–Kier alpha value is -2.08. The number of benzene rings is 1. The molecule has 6 heteroatoms. The molecule has 1 aromatic carbocycles. The van der Waals surface area contributed by atoms with Crippen LogP contribution in [0.4, 0.5) is 0 Å². The van der Waals surface area contributed by atoms with Gasteiger partial charge < -0.3 is 19.9 Å². The summed E-state index contributed by atoms with van der Waals surface area (Å²) in [5.41, 5.74) is 0.935. The summed E-state index contributed by atoms with van der Waals surface area (Å²) in [5, 5.41) is 3.52. The molecule has 1 unspecified atom stereocenters. The molecule has 1 aliphatic carbocycles. The molecule has 3 rings (SSSR count). The Balaban J connectivity index is 1.47. The van der Waals surface area contributed by atoms with E-state index in [-0.39, 0.29) is 11.3 Å². The van der Waals surface area contributed by atoms with Gasteiger partial charge in [-0.2, -0.15) is 0 Å². The van der Waals surface area contributed by atoms with Gasteiger partial charge in [-0.15, -0.1) is 0 Å². The summed E-state index contributed by atoms with van der Waals surface area (Å²) in [6.07, 6.45) is 5.29. The van der Waals surface area contributed by atoms with E-state index < -0.39 is 0 Å². The fraction of sp³-hybridized carbons (Fsp3) is 0.652. The van der Waals surface area contributed by atoms with Crippen molar-refractivity contribution in [2.45, 2.75) is 38.7 Å². The smallest absolute Gasteiger partial charge is 0.230 e. The third-order valence-corrected chi connectivity index (χ3v) is 6.27. The molecule has 1 atom stereocenters. The molecule has 0 spiro atoms. The van der Waals surface area contributed by atoms with Crippen molar-refractivity contribution in [2.24, 2.45) is 16.3 Å². The molecule has 1 aliphatic heterocycles. The quantitative estimate of drug-likeness (QED) is 0.565. The minimum absolute atomic E-state index is 0.242. The lowest BCUT2D eigenvalue weighted by Gasteiger charge is -2.32. The summed E-state index contributed by atoms with van der Waals surface area (Å²) < 4.78 is 5.94. The molecule has 29 heavy (non-hydrogen) atoms. The van der Waals surface area contributed by atoms with Gasteiger partial charge in [0.1, 0.15) is 0 Å². The van der Waals surface area contributed by atoms with Crippen molar-refractivity contribution in [3.63, 3.8) is 0 Å². The molecule has 0 bridgehead atoms. The fourth-order valence-corrected chi connectivity index (χ4v) is 4.65. The number of carbonyl (C=O) groups excluding carboxylic acids is 1. The van der Waals surface area contributed by atoms with Gasteiger partial charge in [0.25, 0.3) is 0 Å². The van der Waals surface area contributed by atoms with Crippen molar-refractivity contribution >= 4 is 11.9 Å². The summed E-state index contributed by atoms with van der Waals surface area (Å²) >= 11 is 0. The Morgan fingerprint density at radius 3 is 2.66 bits per heavy atom. The zero-order chi connectivity index (χ0) is 20.7. The van der Waals surface area contributed by atoms with Crippen molar-refractivity contribution in [2.75, 3.05) is 47.4 Å². The van der Waals surface area contributed by atoms with Crippen LogP contribution in [0, 0.1) is 11.3 Å². The van der Waals surface area contributed by atoms with E-state index >= 15 is 0 Å². The third-order valence-electron chi connectivity index (χ3n) is 6.27. The minimum Gasteiger partial charge on any atom is -0.376 e. The second kappa shape index (κ2) is 10.1. The molecule has 0 aromatic heterocycles. The van der Waals surface area contributed by atoms with Crippen LogP contribution in [0.2, 0.25) is 0 Å². The van der Waals surface area contributed by atoms with E-state index in [9.17, 15) is 4.79 Å². The van der Waals surface area contributed by atoms with E-state index in [0.717, 1.165) is 57.8 Å². The van der Waals surface area contributed by atoms with Crippen molar-refractivity contribution < 1.29 is 9.53 Å². The van der Waals surface area contributed by atoms with Gasteiger partial charge in [0, 0.05) is 46.7 Å². The van der Waals surface area contributed by atoms with E-state index in [1.54, 1.807) is 4.90 Å². The van der Waals surface area contributed by atoms with Crippen molar-refractivity contribution in [1.29, 1.82) is 0 Å². The highest BCUT2D eigenvalue weighted by Gasteiger charge is 2.42. The first kappa shape index (κ1) is 21.6. The number of guanidine groups is 1. The molecule has 2 fully saturated rings. The summed E-state index contributed by atoms with van der Waals surface area (Å²) in [7, 11) is 5.55. The van der Waals surface area contributed by atoms with Crippen LogP contribution in [-0.4, -0.2) is 69.1 Å². The molecular formula is C23H36N4O2. The normalized spacial score (nSPS) is 21.4. The summed E-state index contributed by atoms with van der Waals surface area (Å²) in [4.78, 5) is 21.3. The highest BCUT2D eigenvalue weighted by Crippen LogP contribution is 2.39. The number of nitrogens with zero attached hydrogens (tertiary/aromatic N) is 3. The molecule has 6 nitrogen and oxygen atoms in total. The zero-order valence-corrected chi connectivity index (χ0v) is 18.2. The second-order valence-corrected chi connectivity index (χ2v) is 8.69. The summed E-state index contributed by atoms with van der Waals surface area (Å²) in [5.74, 6) is 1.67. The lowest BCUT2D eigenvalue weighted by molar-refractivity contribution is -0.138. The van der Waals surface area contributed by atoms with E-state index in [1.165, 1.54) is 5.56 Å². The van der Waals surface area contributed by atoms with Crippen molar-refractivity contribution in [3.05, 3.63) is 35.9 Å². The average Bonchev–Trinajstić information content (AvgIpc) is 3.39. The third kappa shape index (κ3) is 5.50. The largest absolute Gasteiger partial charge is 0.376 e. The average molecular weight is 401 g/mol. The molecule has 160 valence electrons. The molecular weight excluding hydrogens is 364 g/mol. The fourth-order valence-electron chi connectivity index (χ4n) is 4.65. The maximum absolute atomic E-state index is 12.8. The molecule has 1 aromatic rings. The first-order valence-electron chi connectivity index (χ1n) is 10.8. The Morgan fingerprint density at radius 2 is 2.00 bits per heavy atom. The monoisotopic (exact) mass is 400 g/mol. The maximum atomic E-state index is 12.8. The number of nitrogens with one attached hydrogen (secondary N) is 1. The lowest BCUT2D eigenvalue weighted by atomic mass is 9.84. The molecule has 1 N–H and O–H groups in total. The maximum Gasteiger partial charge on any atom is 0.230 e. The van der Waals surface area contributed by atoms with Gasteiger partial charge in [-0.1, -0.05) is 43.2 Å². The summed E-state index contributed by atoms with van der Waals surface area (Å²) in [6.45, 7) is 4.03. The second-order valence-electron chi connectivity index (χ2n) is 8.69. The Morgan fingerprint density at radius 1 is 1.28 bits per heavy atom. The van der Waals surface area contributed by atoms with Crippen LogP contribution in [0.15, 0.2) is 35.3 Å². The van der Waals surface area contributed by atoms with Crippen LogP contribution in [0.25, 0.3) is 0 Å². The van der Waals surface area contributed by atoms with Gasteiger partial charge in [0.2, 0.25) is 5.91 Å². The summed E-state index contributed by atoms with van der Waals surface area (Å²) in [6, 6.07) is 10.3. The molecule has 2 aliphatic rings. The number of hydrogen-bond acceptors (Lipinski definition) is 3. The first-order chi connectivity index (χ1) is 14.0. The van der Waals surface area contributed by atoms with Gasteiger partial charge in [0.15, 0.2) is 5.96 Å². The molecule has 1 saturated carbocycles. The number of hydrogen-bond donors (Lipinski definition) is 1. The van der Waals surface area contributed by atoms with Gasteiger partial charge >= 0.3 is 0 Å². The van der Waals surface area contributed by atoms with Crippen LogP contribution in [-0.2, 0) is 16.1 Å². The van der Waals surface area contributed by atoms with Crippen molar-refractivity contribution in [1.82, 2.24) is 15.1 Å². The van der Waals surface area contributed by atoms with Gasteiger partial charge in [-0.25, -0.2) is 0 Å². The van der Waals surface area contributed by atoms with Crippen LogP contribution in [0.3, 0.4) is 0 Å². The topological polar surface area (TPSA) is 57.2 Å². The van der Waals surface area contributed by atoms with Crippen LogP contribution in [0.1, 0.15) is 37.7 Å². The number of rotatable bonds is 7. The Labute approximate surface area is 175 Å². The molecule has 1 heterocycles. The SMILES string of the molecule is CN=C(NCC1(C(=O)N(C)C)CCCC1)N1CCC(COCc2ccccc2)C1. The zero-order valence-electron chi connectivity index (χ0n) is 18.2. The number of aliphatic imine (C=N–C) groups is 1. The van der Waals surface area contributed by atoms with E-state index in [0.29, 0.717) is 19.1 Å². The molecule has 1 saturated heterocycles. The van der Waals surface area contributed by atoms with Gasteiger partial charge in [0.05, 0.1) is 18.6 Å². The van der Waals surface area contributed by atoms with Gasteiger partial charge in [-0.05, 0) is 24.8 Å². The Kier molecular flexibility index (Phi) is 7.53. The van der Waals surface area contributed by atoms with Crippen LogP contribution >= 0.6 is 0 Å². The number of carbonyl (C=O) groups is 1. The van der Waals surface area contributed by atoms with E-state index in [4.69, 9.17) is 4.74 Å². The molecule has 0 radical (unpaired) electrons. The standard InChI is InChI=1S/C23H36N4O2/c1-24-22(25-18-23(12-7-8-13-23)21(28)26(2)3)27-14-11-20(15-27)17-29-16-19-9-5-4-6-10-19/h4-6,9-10,20H,7-8,11-18H2,1-3H3,(H,24,25). The lowest BCUT2D eigenvalue weighted by Crippen LogP contribution is -2.49. The number of amides is 1. The van der Waals surface area contributed by atoms with Crippen LogP contribution < -0.4 is 5.32 Å². The predicted molar refractivity (Wildman–Crippen MR) is 117 cm³/mol. The highest BCUT2D eigenvalue weighted by atomic mass is 16.5. The first-order valence-corrected chi connectivity index (χ1v) is 10.8. The molecule has 1 amide bonds. The van der Waals surface area contributed by atoms with E-state index in [1.807, 2.05) is 39.3 Å². The Bertz CT molecular complexity index is 683. The van der Waals surface area contributed by atoms with Gasteiger partial charge in [-0.3, -0.25) is 9.79 Å². The number of likely N-dealkylation sites (tertiary alicyclic amines) is 1. The number of ether oxygens (including phenoxy) is 1. The predicted octanol–water partition coefficient (Wildman–Crippen LogP) is 2.75. The highest BCUT2D eigenvalue weighted by molar-refractivity contribution is 5.85.